The number of likely N-dealkylation sites (tertiary alicyclic amines) is 2. The minimum absolute atomic E-state index is 0.343. The molecule has 3 heterocycles. The van der Waals surface area contributed by atoms with E-state index in [2.05, 4.69) is 39.5 Å². The topological polar surface area (TPSA) is 50.6 Å². The van der Waals surface area contributed by atoms with Crippen LogP contribution >= 0.6 is 11.6 Å². The third-order valence-corrected chi connectivity index (χ3v) is 8.69. The number of para-hydroxylation sites is 1. The van der Waals surface area contributed by atoms with Gasteiger partial charge in [-0.05, 0) is 107 Å². The van der Waals surface area contributed by atoms with E-state index >= 15 is 0 Å². The van der Waals surface area contributed by atoms with E-state index in [0.717, 1.165) is 79.9 Å². The summed E-state index contributed by atoms with van der Waals surface area (Å²) >= 11 is 6.02. The zero-order valence-corrected chi connectivity index (χ0v) is 24.2. The van der Waals surface area contributed by atoms with E-state index in [1.165, 1.54) is 38.8 Å². The summed E-state index contributed by atoms with van der Waals surface area (Å²) in [5.41, 5.74) is 3.31. The van der Waals surface area contributed by atoms with Gasteiger partial charge in [0, 0.05) is 37.1 Å². The molecule has 1 amide bonds. The highest BCUT2D eigenvalue weighted by molar-refractivity contribution is 6.30. The van der Waals surface area contributed by atoms with Crippen LogP contribution in [-0.4, -0.2) is 57.5 Å². The number of fused-ring (bicyclic) bond motifs is 1. The lowest BCUT2D eigenvalue weighted by atomic mass is 9.97. The molecule has 2 aliphatic heterocycles. The van der Waals surface area contributed by atoms with Crippen molar-refractivity contribution in [3.8, 4) is 5.75 Å². The number of hydrogen-bond acceptors (Lipinski definition) is 4. The number of ether oxygens (including phenoxy) is 1. The molecule has 2 aliphatic rings. The minimum atomic E-state index is 0.343. The highest BCUT2D eigenvalue weighted by Crippen LogP contribution is 2.25. The third-order valence-electron chi connectivity index (χ3n) is 8.44. The van der Waals surface area contributed by atoms with Crippen molar-refractivity contribution in [1.29, 1.82) is 0 Å². The summed E-state index contributed by atoms with van der Waals surface area (Å²) in [6.07, 6.45) is 11.2. The van der Waals surface area contributed by atoms with Crippen LogP contribution in [0.25, 0.3) is 11.0 Å². The van der Waals surface area contributed by atoms with Crippen molar-refractivity contribution in [3.05, 3.63) is 58.9 Å². The first-order chi connectivity index (χ1) is 19.1. The van der Waals surface area contributed by atoms with Crippen LogP contribution < -0.4 is 4.74 Å². The molecule has 1 atom stereocenters. The number of piperidine rings is 2. The smallest absolute Gasteiger partial charge is 0.222 e. The fourth-order valence-electron chi connectivity index (χ4n) is 6.21. The van der Waals surface area contributed by atoms with E-state index in [1.807, 2.05) is 24.3 Å². The molecule has 3 aromatic rings. The van der Waals surface area contributed by atoms with Gasteiger partial charge in [0.1, 0.15) is 18.2 Å². The van der Waals surface area contributed by atoms with Gasteiger partial charge in [-0.15, -0.1) is 0 Å². The average Bonchev–Trinajstić information content (AvgIpc) is 3.33. The maximum absolute atomic E-state index is 13.3. The summed E-state index contributed by atoms with van der Waals surface area (Å²) in [6.45, 7) is 7.85. The van der Waals surface area contributed by atoms with E-state index in [1.54, 1.807) is 0 Å². The van der Waals surface area contributed by atoms with Gasteiger partial charge in [0.05, 0.1) is 11.0 Å². The maximum atomic E-state index is 13.3. The highest BCUT2D eigenvalue weighted by atomic mass is 35.5. The molecule has 0 unspecified atom stereocenters. The number of imidazole rings is 1. The highest BCUT2D eigenvalue weighted by Gasteiger charge is 2.27. The molecule has 0 saturated carbocycles. The largest absolute Gasteiger partial charge is 0.486 e. The molecule has 0 aliphatic carbocycles. The van der Waals surface area contributed by atoms with Gasteiger partial charge in [0.2, 0.25) is 5.91 Å². The first-order valence-corrected chi connectivity index (χ1v) is 15.3. The molecule has 0 spiro atoms. The summed E-state index contributed by atoms with van der Waals surface area (Å²) in [6, 6.07) is 14.2. The van der Waals surface area contributed by atoms with E-state index in [-0.39, 0.29) is 0 Å². The number of amides is 1. The van der Waals surface area contributed by atoms with Gasteiger partial charge in [-0.25, -0.2) is 4.98 Å². The minimum Gasteiger partial charge on any atom is -0.486 e. The number of aryl methyl sites for hydroxylation is 2. The molecule has 0 N–H and O–H groups in total. The molecule has 6 nitrogen and oxygen atoms in total. The molecule has 7 heteroatoms. The Kier molecular flexibility index (Phi) is 9.81. The van der Waals surface area contributed by atoms with E-state index < -0.39 is 0 Å². The molecule has 0 radical (unpaired) electrons. The van der Waals surface area contributed by atoms with E-state index in [9.17, 15) is 4.79 Å². The van der Waals surface area contributed by atoms with Crippen LogP contribution in [0.5, 0.6) is 5.75 Å². The number of unbranched alkanes of at least 4 members (excludes halogenated alkanes) is 1. The van der Waals surface area contributed by atoms with Crippen LogP contribution in [0, 0.1) is 6.92 Å². The Balaban J connectivity index is 1.16. The van der Waals surface area contributed by atoms with Crippen LogP contribution in [-0.2, 0) is 17.9 Å². The molecule has 2 saturated heterocycles. The number of halogens is 1. The summed E-state index contributed by atoms with van der Waals surface area (Å²) in [7, 11) is 0. The number of hydrogen-bond donors (Lipinski definition) is 0. The summed E-state index contributed by atoms with van der Waals surface area (Å²) in [5.74, 6) is 2.03. The van der Waals surface area contributed by atoms with Gasteiger partial charge in [0.25, 0.3) is 0 Å². The van der Waals surface area contributed by atoms with E-state index in [0.29, 0.717) is 30.0 Å². The zero-order valence-electron chi connectivity index (χ0n) is 23.4. The van der Waals surface area contributed by atoms with E-state index in [4.69, 9.17) is 21.3 Å². The number of rotatable bonds is 11. The van der Waals surface area contributed by atoms with Crippen molar-refractivity contribution < 1.29 is 9.53 Å². The molecule has 1 aromatic heterocycles. The van der Waals surface area contributed by atoms with Gasteiger partial charge in [0.15, 0.2) is 0 Å². The van der Waals surface area contributed by atoms with Crippen LogP contribution in [0.15, 0.2) is 42.5 Å². The van der Waals surface area contributed by atoms with Gasteiger partial charge in [-0.3, -0.25) is 4.79 Å². The zero-order chi connectivity index (χ0) is 27.0. The van der Waals surface area contributed by atoms with Crippen LogP contribution in [0.3, 0.4) is 0 Å². The van der Waals surface area contributed by atoms with Gasteiger partial charge in [-0.1, -0.05) is 30.2 Å². The maximum Gasteiger partial charge on any atom is 0.222 e. The Morgan fingerprint density at radius 3 is 2.59 bits per heavy atom. The third kappa shape index (κ3) is 7.34. The Bertz CT molecular complexity index is 1220. The second kappa shape index (κ2) is 13.7. The Morgan fingerprint density at radius 2 is 1.77 bits per heavy atom. The van der Waals surface area contributed by atoms with Crippen LogP contribution in [0.1, 0.15) is 75.6 Å². The lowest BCUT2D eigenvalue weighted by Crippen LogP contribution is -2.45. The lowest BCUT2D eigenvalue weighted by Gasteiger charge is -2.37. The van der Waals surface area contributed by atoms with Crippen molar-refractivity contribution >= 4 is 28.5 Å². The van der Waals surface area contributed by atoms with Gasteiger partial charge >= 0.3 is 0 Å². The molecular formula is C32H43ClN4O2. The molecule has 2 fully saturated rings. The Hall–Kier alpha value is -2.57. The quantitative estimate of drug-likeness (QED) is 0.241. The fourth-order valence-corrected chi connectivity index (χ4v) is 6.33. The molecule has 2 aromatic carbocycles. The second-order valence-corrected chi connectivity index (χ2v) is 11.7. The number of benzene rings is 2. The predicted molar refractivity (Wildman–Crippen MR) is 158 cm³/mol. The summed E-state index contributed by atoms with van der Waals surface area (Å²) < 4.78 is 8.32. The van der Waals surface area contributed by atoms with Gasteiger partial charge in [-0.2, -0.15) is 0 Å². The predicted octanol–water partition coefficient (Wildman–Crippen LogP) is 7.00. The summed E-state index contributed by atoms with van der Waals surface area (Å²) in [4.78, 5) is 23.0. The van der Waals surface area contributed by atoms with Crippen molar-refractivity contribution in [2.45, 2.75) is 90.3 Å². The molecule has 39 heavy (non-hydrogen) atoms. The fraction of sp³-hybridized carbons (Fsp3) is 0.562. The first kappa shape index (κ1) is 28.0. The standard InChI is InChI=1S/C32H43ClN4O2/c1-25-10-9-12-29-32(25)34-30(24-39-28-16-14-26(33)15-17-28)37(29)22-8-4-13-31(38)36-21-7-3-11-27(36)18-23-35-19-5-2-6-20-35/h9-10,12,14-17,27H,2-8,11,13,18-24H2,1H3/t27-/m0/s1. The number of nitrogens with zero attached hydrogens (tertiary/aromatic N) is 4. The molecular weight excluding hydrogens is 508 g/mol. The van der Waals surface area contributed by atoms with Gasteiger partial charge < -0.3 is 19.1 Å². The van der Waals surface area contributed by atoms with Crippen molar-refractivity contribution in [2.24, 2.45) is 0 Å². The Labute approximate surface area is 238 Å². The number of carbonyl (C=O) groups is 1. The van der Waals surface area contributed by atoms with Crippen molar-refractivity contribution in [1.82, 2.24) is 19.4 Å². The molecule has 5 rings (SSSR count). The first-order valence-electron chi connectivity index (χ1n) is 14.9. The van der Waals surface area contributed by atoms with Crippen LogP contribution in [0.4, 0.5) is 0 Å². The monoisotopic (exact) mass is 550 g/mol. The number of aromatic nitrogens is 2. The average molecular weight is 551 g/mol. The van der Waals surface area contributed by atoms with Crippen LogP contribution in [0.2, 0.25) is 5.02 Å². The molecule has 0 bridgehead atoms. The lowest BCUT2D eigenvalue weighted by molar-refractivity contribution is -0.135. The summed E-state index contributed by atoms with van der Waals surface area (Å²) in [5, 5.41) is 0.692. The number of carbonyl (C=O) groups excluding carboxylic acids is 1. The normalized spacial score (nSPS) is 18.5. The van der Waals surface area contributed by atoms with Crippen molar-refractivity contribution in [3.63, 3.8) is 0 Å². The SMILES string of the molecule is Cc1cccc2c1nc(COc1ccc(Cl)cc1)n2CCCCC(=O)N1CCCC[C@H]1CCN1CCCCC1. The molecule has 210 valence electrons. The Morgan fingerprint density at radius 1 is 0.974 bits per heavy atom. The second-order valence-electron chi connectivity index (χ2n) is 11.2. The van der Waals surface area contributed by atoms with Crippen molar-refractivity contribution in [2.75, 3.05) is 26.2 Å².